The van der Waals surface area contributed by atoms with E-state index in [1.165, 1.54) is 11.1 Å². The standard InChI is InChI=1S/C16H19BrN4/c1-2-18-15-14(17)16(20-11-19-15)21-9-5-8-12-6-3-4-7-13(12)10-21/h3-4,6-7,11H,2,5,8-10H2,1H3,(H,18,19,20). The molecule has 0 radical (unpaired) electrons. The second-order valence-corrected chi connectivity index (χ2v) is 5.98. The van der Waals surface area contributed by atoms with E-state index in [1.807, 2.05) is 0 Å². The molecule has 0 amide bonds. The monoisotopic (exact) mass is 346 g/mol. The number of fused-ring (bicyclic) bond motifs is 1. The summed E-state index contributed by atoms with van der Waals surface area (Å²) in [5, 5.41) is 3.27. The highest BCUT2D eigenvalue weighted by atomic mass is 79.9. The first-order valence-corrected chi connectivity index (χ1v) is 8.15. The van der Waals surface area contributed by atoms with Crippen LogP contribution < -0.4 is 10.2 Å². The number of nitrogens with one attached hydrogen (secondary N) is 1. The molecule has 110 valence electrons. The maximum absolute atomic E-state index is 4.49. The number of aromatic nitrogens is 2. The molecule has 1 aliphatic rings. The van der Waals surface area contributed by atoms with E-state index in [2.05, 4.69) is 67.3 Å². The molecular formula is C16H19BrN4. The summed E-state index contributed by atoms with van der Waals surface area (Å²) in [6.45, 7) is 4.82. The molecule has 0 spiro atoms. The Balaban J connectivity index is 1.92. The Bertz CT molecular complexity index is 629. The van der Waals surface area contributed by atoms with Gasteiger partial charge in [0, 0.05) is 19.6 Å². The normalized spacial score (nSPS) is 14.5. The number of benzene rings is 1. The Morgan fingerprint density at radius 2 is 2.05 bits per heavy atom. The molecule has 5 heteroatoms. The summed E-state index contributed by atoms with van der Waals surface area (Å²) in [7, 11) is 0. The molecule has 0 atom stereocenters. The minimum Gasteiger partial charge on any atom is -0.369 e. The summed E-state index contributed by atoms with van der Waals surface area (Å²) in [5.41, 5.74) is 2.85. The lowest BCUT2D eigenvalue weighted by molar-refractivity contribution is 0.751. The van der Waals surface area contributed by atoms with Crippen LogP contribution in [0.3, 0.4) is 0 Å². The molecule has 2 heterocycles. The van der Waals surface area contributed by atoms with Crippen molar-refractivity contribution >= 4 is 27.6 Å². The Labute approximate surface area is 133 Å². The zero-order valence-electron chi connectivity index (χ0n) is 12.1. The molecule has 0 saturated heterocycles. The predicted molar refractivity (Wildman–Crippen MR) is 89.7 cm³/mol. The van der Waals surface area contributed by atoms with Gasteiger partial charge in [-0.15, -0.1) is 0 Å². The van der Waals surface area contributed by atoms with Crippen LogP contribution in [-0.2, 0) is 13.0 Å². The van der Waals surface area contributed by atoms with Crippen LogP contribution >= 0.6 is 15.9 Å². The highest BCUT2D eigenvalue weighted by molar-refractivity contribution is 9.10. The number of hydrogen-bond donors (Lipinski definition) is 1. The van der Waals surface area contributed by atoms with E-state index in [1.54, 1.807) is 6.33 Å². The minimum absolute atomic E-state index is 0.845. The topological polar surface area (TPSA) is 41.1 Å². The van der Waals surface area contributed by atoms with Crippen LogP contribution in [0.5, 0.6) is 0 Å². The Morgan fingerprint density at radius 1 is 1.24 bits per heavy atom. The molecule has 0 aliphatic carbocycles. The number of aryl methyl sites for hydroxylation is 1. The van der Waals surface area contributed by atoms with Gasteiger partial charge in [-0.25, -0.2) is 9.97 Å². The molecule has 3 rings (SSSR count). The fraction of sp³-hybridized carbons (Fsp3) is 0.375. The molecule has 4 nitrogen and oxygen atoms in total. The highest BCUT2D eigenvalue weighted by Crippen LogP contribution is 2.32. The van der Waals surface area contributed by atoms with E-state index >= 15 is 0 Å². The van der Waals surface area contributed by atoms with Gasteiger partial charge in [-0.05, 0) is 46.8 Å². The fourth-order valence-electron chi connectivity index (χ4n) is 2.75. The molecule has 21 heavy (non-hydrogen) atoms. The Morgan fingerprint density at radius 3 is 2.86 bits per heavy atom. The number of anilines is 2. The van der Waals surface area contributed by atoms with E-state index in [0.717, 1.165) is 48.6 Å². The van der Waals surface area contributed by atoms with E-state index < -0.39 is 0 Å². The number of rotatable bonds is 3. The second-order valence-electron chi connectivity index (χ2n) is 5.18. The molecule has 2 aromatic rings. The molecule has 0 saturated carbocycles. The third-order valence-corrected chi connectivity index (χ3v) is 4.50. The summed E-state index contributed by atoms with van der Waals surface area (Å²) < 4.78 is 0.950. The lowest BCUT2D eigenvalue weighted by Gasteiger charge is -2.23. The summed E-state index contributed by atoms with van der Waals surface area (Å²) in [6, 6.07) is 8.69. The van der Waals surface area contributed by atoms with Crippen molar-refractivity contribution in [2.75, 3.05) is 23.3 Å². The van der Waals surface area contributed by atoms with Crippen LogP contribution in [0.1, 0.15) is 24.5 Å². The molecular weight excluding hydrogens is 328 g/mol. The largest absolute Gasteiger partial charge is 0.369 e. The van der Waals surface area contributed by atoms with E-state index in [-0.39, 0.29) is 0 Å². The maximum atomic E-state index is 4.49. The summed E-state index contributed by atoms with van der Waals surface area (Å²) in [4.78, 5) is 11.1. The van der Waals surface area contributed by atoms with Crippen molar-refractivity contribution in [1.29, 1.82) is 0 Å². The van der Waals surface area contributed by atoms with Crippen molar-refractivity contribution in [3.63, 3.8) is 0 Å². The first kappa shape index (κ1) is 14.3. The predicted octanol–water partition coefficient (Wildman–Crippen LogP) is 3.62. The van der Waals surface area contributed by atoms with E-state index in [4.69, 9.17) is 0 Å². The zero-order chi connectivity index (χ0) is 14.7. The zero-order valence-corrected chi connectivity index (χ0v) is 13.7. The smallest absolute Gasteiger partial charge is 0.148 e. The summed E-state index contributed by atoms with van der Waals surface area (Å²) in [6.07, 6.45) is 3.91. The van der Waals surface area contributed by atoms with Crippen molar-refractivity contribution in [3.8, 4) is 0 Å². The van der Waals surface area contributed by atoms with Crippen LogP contribution in [0.4, 0.5) is 11.6 Å². The first-order chi connectivity index (χ1) is 10.3. The summed E-state index contributed by atoms with van der Waals surface area (Å²) >= 11 is 3.65. The van der Waals surface area contributed by atoms with Crippen molar-refractivity contribution in [2.45, 2.75) is 26.3 Å². The second kappa shape index (κ2) is 6.43. The van der Waals surface area contributed by atoms with Gasteiger partial charge in [0.2, 0.25) is 0 Å². The van der Waals surface area contributed by atoms with Gasteiger partial charge in [0.25, 0.3) is 0 Å². The Kier molecular flexibility index (Phi) is 4.39. The molecule has 0 bridgehead atoms. The maximum Gasteiger partial charge on any atom is 0.148 e. The number of halogens is 1. The lowest BCUT2D eigenvalue weighted by Crippen LogP contribution is -2.24. The molecule has 0 fully saturated rings. The van der Waals surface area contributed by atoms with Crippen molar-refractivity contribution in [2.24, 2.45) is 0 Å². The van der Waals surface area contributed by atoms with Gasteiger partial charge in [0.1, 0.15) is 22.4 Å². The third kappa shape index (κ3) is 3.02. The molecule has 1 aliphatic heterocycles. The van der Waals surface area contributed by atoms with Gasteiger partial charge in [-0.1, -0.05) is 24.3 Å². The minimum atomic E-state index is 0.845. The van der Waals surface area contributed by atoms with E-state index in [9.17, 15) is 0 Å². The number of hydrogen-bond acceptors (Lipinski definition) is 4. The molecule has 1 aromatic carbocycles. The fourth-order valence-corrected chi connectivity index (χ4v) is 3.35. The van der Waals surface area contributed by atoms with Gasteiger partial charge in [-0.2, -0.15) is 0 Å². The van der Waals surface area contributed by atoms with Gasteiger partial charge < -0.3 is 10.2 Å². The van der Waals surface area contributed by atoms with Crippen LogP contribution in [0.2, 0.25) is 0 Å². The van der Waals surface area contributed by atoms with Crippen LogP contribution in [-0.4, -0.2) is 23.1 Å². The molecule has 0 unspecified atom stereocenters. The van der Waals surface area contributed by atoms with Gasteiger partial charge >= 0.3 is 0 Å². The van der Waals surface area contributed by atoms with Crippen molar-refractivity contribution < 1.29 is 0 Å². The van der Waals surface area contributed by atoms with Crippen LogP contribution in [0, 0.1) is 0 Å². The highest BCUT2D eigenvalue weighted by Gasteiger charge is 2.19. The van der Waals surface area contributed by atoms with Crippen molar-refractivity contribution in [3.05, 3.63) is 46.2 Å². The number of nitrogens with zero attached hydrogens (tertiary/aromatic N) is 3. The molecule has 1 N–H and O–H groups in total. The average Bonchev–Trinajstić information content (AvgIpc) is 2.72. The van der Waals surface area contributed by atoms with Gasteiger partial charge in [0.05, 0.1) is 0 Å². The quantitative estimate of drug-likeness (QED) is 0.921. The molecule has 1 aromatic heterocycles. The van der Waals surface area contributed by atoms with Crippen LogP contribution in [0.15, 0.2) is 35.1 Å². The SMILES string of the molecule is CCNc1ncnc(N2CCCc3ccccc3C2)c1Br. The van der Waals surface area contributed by atoms with Crippen molar-refractivity contribution in [1.82, 2.24) is 9.97 Å². The summed E-state index contributed by atoms with van der Waals surface area (Å²) in [5.74, 6) is 1.83. The van der Waals surface area contributed by atoms with Gasteiger partial charge in [-0.3, -0.25) is 0 Å². The van der Waals surface area contributed by atoms with Gasteiger partial charge in [0.15, 0.2) is 0 Å². The average molecular weight is 347 g/mol. The van der Waals surface area contributed by atoms with Crippen LogP contribution in [0.25, 0.3) is 0 Å². The Hall–Kier alpha value is -1.62. The third-order valence-electron chi connectivity index (χ3n) is 3.77. The first-order valence-electron chi connectivity index (χ1n) is 7.35. The lowest BCUT2D eigenvalue weighted by atomic mass is 10.0. The van der Waals surface area contributed by atoms with E-state index in [0.29, 0.717) is 0 Å².